The molecule has 0 saturated heterocycles. The monoisotopic (exact) mass is 233 g/mol. The lowest BCUT2D eigenvalue weighted by molar-refractivity contribution is 0.955. The number of rotatable bonds is 4. The zero-order valence-electron chi connectivity index (χ0n) is 9.53. The fourth-order valence-electron chi connectivity index (χ4n) is 1.47. The molecule has 16 heavy (non-hydrogen) atoms. The molecular weight excluding hydrogens is 218 g/mol. The number of hydrogen-bond donors (Lipinski definition) is 1. The summed E-state index contributed by atoms with van der Waals surface area (Å²) in [6.07, 6.45) is 1.09. The molecule has 0 aliphatic rings. The Labute approximate surface area is 99.6 Å². The molecule has 0 fully saturated rings. The normalized spacial score (nSPS) is 10.4. The lowest BCUT2D eigenvalue weighted by atomic mass is 10.2. The van der Waals surface area contributed by atoms with Crippen LogP contribution in [0.3, 0.4) is 0 Å². The van der Waals surface area contributed by atoms with Gasteiger partial charge in [-0.1, -0.05) is 6.92 Å². The predicted octanol–water partition coefficient (Wildman–Crippen LogP) is 3.34. The first-order valence-corrected chi connectivity index (χ1v) is 6.36. The Morgan fingerprint density at radius 2 is 2.25 bits per heavy atom. The molecule has 3 nitrogen and oxygen atoms in total. The zero-order valence-corrected chi connectivity index (χ0v) is 10.3. The van der Waals surface area contributed by atoms with Crippen LogP contribution in [0.5, 0.6) is 0 Å². The summed E-state index contributed by atoms with van der Waals surface area (Å²) in [5.74, 6) is 1.72. The summed E-state index contributed by atoms with van der Waals surface area (Å²) in [7, 11) is 0. The van der Waals surface area contributed by atoms with E-state index < -0.39 is 0 Å². The first-order valence-electron chi connectivity index (χ1n) is 5.41. The smallest absolute Gasteiger partial charge is 0.130 e. The van der Waals surface area contributed by atoms with Crippen molar-refractivity contribution in [2.75, 3.05) is 11.9 Å². The Kier molecular flexibility index (Phi) is 3.51. The Morgan fingerprint density at radius 1 is 1.38 bits per heavy atom. The van der Waals surface area contributed by atoms with Crippen LogP contribution in [0.4, 0.5) is 5.82 Å². The highest BCUT2D eigenvalue weighted by Crippen LogP contribution is 2.22. The molecule has 84 valence electrons. The van der Waals surface area contributed by atoms with E-state index in [1.807, 2.05) is 13.0 Å². The quantitative estimate of drug-likeness (QED) is 0.880. The van der Waals surface area contributed by atoms with Crippen LogP contribution in [0.1, 0.15) is 19.2 Å². The van der Waals surface area contributed by atoms with Gasteiger partial charge in [-0.05, 0) is 24.8 Å². The van der Waals surface area contributed by atoms with Crippen molar-refractivity contribution >= 4 is 17.2 Å². The Bertz CT molecular complexity index is 451. The third kappa shape index (κ3) is 2.58. The maximum absolute atomic E-state index is 4.44. The maximum atomic E-state index is 4.44. The van der Waals surface area contributed by atoms with Gasteiger partial charge in [0.25, 0.3) is 0 Å². The number of hydrogen-bond acceptors (Lipinski definition) is 4. The van der Waals surface area contributed by atoms with Crippen LogP contribution in [0.15, 0.2) is 22.9 Å². The van der Waals surface area contributed by atoms with Gasteiger partial charge in [0.15, 0.2) is 0 Å². The lowest BCUT2D eigenvalue weighted by Crippen LogP contribution is -2.04. The van der Waals surface area contributed by atoms with Gasteiger partial charge in [-0.2, -0.15) is 11.3 Å². The fraction of sp³-hybridized carbons (Fsp3) is 0.333. The molecule has 2 rings (SSSR count). The molecular formula is C12H15N3S. The molecule has 0 atom stereocenters. The van der Waals surface area contributed by atoms with Crippen LogP contribution in [-0.2, 0) is 0 Å². The van der Waals surface area contributed by atoms with Crippen molar-refractivity contribution in [3.8, 4) is 11.3 Å². The van der Waals surface area contributed by atoms with Gasteiger partial charge < -0.3 is 5.32 Å². The average Bonchev–Trinajstić information content (AvgIpc) is 2.79. The molecule has 0 radical (unpaired) electrons. The standard InChI is InChI=1S/C12H15N3S/c1-3-5-13-12-7-11(14-9(2)15-12)10-4-6-16-8-10/h4,6-8H,3,5H2,1-2H3,(H,13,14,15). The summed E-state index contributed by atoms with van der Waals surface area (Å²) >= 11 is 1.68. The van der Waals surface area contributed by atoms with Gasteiger partial charge in [0, 0.05) is 23.6 Å². The minimum atomic E-state index is 0.808. The second-order valence-electron chi connectivity index (χ2n) is 3.62. The second kappa shape index (κ2) is 5.07. The fourth-order valence-corrected chi connectivity index (χ4v) is 2.12. The Balaban J connectivity index is 2.29. The summed E-state index contributed by atoms with van der Waals surface area (Å²) in [5, 5.41) is 7.45. The first-order chi connectivity index (χ1) is 7.79. The van der Waals surface area contributed by atoms with Gasteiger partial charge >= 0.3 is 0 Å². The SMILES string of the molecule is CCCNc1cc(-c2ccsc2)nc(C)n1. The molecule has 1 N–H and O–H groups in total. The van der Waals surface area contributed by atoms with E-state index >= 15 is 0 Å². The number of anilines is 1. The summed E-state index contributed by atoms with van der Waals surface area (Å²) in [5.41, 5.74) is 2.16. The number of thiophene rings is 1. The first kappa shape index (κ1) is 11.1. The van der Waals surface area contributed by atoms with Gasteiger partial charge in [-0.15, -0.1) is 0 Å². The van der Waals surface area contributed by atoms with E-state index in [0.29, 0.717) is 0 Å². The summed E-state index contributed by atoms with van der Waals surface area (Å²) in [4.78, 5) is 8.80. The van der Waals surface area contributed by atoms with E-state index in [1.165, 1.54) is 0 Å². The van der Waals surface area contributed by atoms with E-state index in [9.17, 15) is 0 Å². The third-order valence-corrected chi connectivity index (χ3v) is 2.89. The highest BCUT2D eigenvalue weighted by atomic mass is 32.1. The van der Waals surface area contributed by atoms with E-state index in [1.54, 1.807) is 11.3 Å². The second-order valence-corrected chi connectivity index (χ2v) is 4.40. The molecule has 0 aromatic carbocycles. The van der Waals surface area contributed by atoms with E-state index in [-0.39, 0.29) is 0 Å². The molecule has 0 aliphatic heterocycles. The molecule has 0 amide bonds. The Morgan fingerprint density at radius 3 is 2.94 bits per heavy atom. The van der Waals surface area contributed by atoms with Crippen LogP contribution in [0, 0.1) is 6.92 Å². The van der Waals surface area contributed by atoms with Gasteiger partial charge in [0.05, 0.1) is 5.69 Å². The molecule has 0 bridgehead atoms. The molecule has 2 aromatic rings. The summed E-state index contributed by atoms with van der Waals surface area (Å²) in [6, 6.07) is 4.08. The molecule has 2 heterocycles. The molecule has 4 heteroatoms. The van der Waals surface area contributed by atoms with E-state index in [4.69, 9.17) is 0 Å². The van der Waals surface area contributed by atoms with Crippen molar-refractivity contribution in [1.82, 2.24) is 9.97 Å². The molecule has 0 saturated carbocycles. The number of nitrogens with one attached hydrogen (secondary N) is 1. The van der Waals surface area contributed by atoms with Crippen LogP contribution < -0.4 is 5.32 Å². The van der Waals surface area contributed by atoms with Crippen LogP contribution in [0.2, 0.25) is 0 Å². The van der Waals surface area contributed by atoms with Crippen LogP contribution in [-0.4, -0.2) is 16.5 Å². The third-order valence-electron chi connectivity index (χ3n) is 2.21. The summed E-state index contributed by atoms with van der Waals surface area (Å²) < 4.78 is 0. The van der Waals surface area contributed by atoms with Crippen LogP contribution >= 0.6 is 11.3 Å². The number of nitrogens with zero attached hydrogens (tertiary/aromatic N) is 2. The van der Waals surface area contributed by atoms with Gasteiger partial charge in [0.1, 0.15) is 11.6 Å². The van der Waals surface area contributed by atoms with Crippen molar-refractivity contribution in [3.05, 3.63) is 28.7 Å². The predicted molar refractivity (Wildman–Crippen MR) is 68.9 cm³/mol. The highest BCUT2D eigenvalue weighted by Gasteiger charge is 2.04. The molecule has 2 aromatic heterocycles. The largest absolute Gasteiger partial charge is 0.370 e. The maximum Gasteiger partial charge on any atom is 0.130 e. The van der Waals surface area contributed by atoms with Gasteiger partial charge in [-0.25, -0.2) is 9.97 Å². The van der Waals surface area contributed by atoms with E-state index in [2.05, 4.69) is 39.0 Å². The lowest BCUT2D eigenvalue weighted by Gasteiger charge is -2.06. The van der Waals surface area contributed by atoms with Crippen LogP contribution in [0.25, 0.3) is 11.3 Å². The zero-order chi connectivity index (χ0) is 11.4. The van der Waals surface area contributed by atoms with Crippen molar-refractivity contribution in [3.63, 3.8) is 0 Å². The van der Waals surface area contributed by atoms with Crippen molar-refractivity contribution < 1.29 is 0 Å². The van der Waals surface area contributed by atoms with Crippen molar-refractivity contribution in [2.45, 2.75) is 20.3 Å². The number of aryl methyl sites for hydroxylation is 1. The van der Waals surface area contributed by atoms with Gasteiger partial charge in [0.2, 0.25) is 0 Å². The topological polar surface area (TPSA) is 37.8 Å². The minimum Gasteiger partial charge on any atom is -0.370 e. The molecule has 0 spiro atoms. The molecule has 0 unspecified atom stereocenters. The Hall–Kier alpha value is -1.42. The highest BCUT2D eigenvalue weighted by molar-refractivity contribution is 7.08. The van der Waals surface area contributed by atoms with Crippen molar-refractivity contribution in [1.29, 1.82) is 0 Å². The average molecular weight is 233 g/mol. The summed E-state index contributed by atoms with van der Waals surface area (Å²) in [6.45, 7) is 5.01. The number of aromatic nitrogens is 2. The minimum absolute atomic E-state index is 0.808. The van der Waals surface area contributed by atoms with Crippen molar-refractivity contribution in [2.24, 2.45) is 0 Å². The molecule has 0 aliphatic carbocycles. The van der Waals surface area contributed by atoms with Gasteiger partial charge in [-0.3, -0.25) is 0 Å². The van der Waals surface area contributed by atoms with E-state index in [0.717, 1.165) is 35.9 Å².